The minimum atomic E-state index is -0.139. The van der Waals surface area contributed by atoms with Gasteiger partial charge < -0.3 is 14.4 Å². The molecule has 0 bridgehead atoms. The number of hydrogen-bond donors (Lipinski definition) is 0. The van der Waals surface area contributed by atoms with Gasteiger partial charge in [-0.2, -0.15) is 0 Å². The van der Waals surface area contributed by atoms with Crippen molar-refractivity contribution in [3.63, 3.8) is 0 Å². The number of thioether (sulfide) groups is 1. The Balaban J connectivity index is 1.86. The van der Waals surface area contributed by atoms with Crippen LogP contribution < -0.4 is 15.0 Å². The van der Waals surface area contributed by atoms with Gasteiger partial charge in [-0.15, -0.1) is 0 Å². The third kappa shape index (κ3) is 4.29. The highest BCUT2D eigenvalue weighted by Crippen LogP contribution is 2.30. The zero-order chi connectivity index (χ0) is 22.8. The number of amides is 1. The molecule has 4 rings (SSSR count). The van der Waals surface area contributed by atoms with Crippen LogP contribution in [0, 0.1) is 5.92 Å². The number of rotatable bonds is 6. The normalized spacial score (nSPS) is 15.9. The van der Waals surface area contributed by atoms with E-state index in [1.54, 1.807) is 38.0 Å². The molecule has 1 aliphatic heterocycles. The molecule has 168 valence electrons. The second-order valence-corrected chi connectivity index (χ2v) is 8.60. The molecule has 1 atom stereocenters. The van der Waals surface area contributed by atoms with Gasteiger partial charge in [0.2, 0.25) is 5.91 Å². The second kappa shape index (κ2) is 9.20. The molecule has 0 spiro atoms. The summed E-state index contributed by atoms with van der Waals surface area (Å²) in [5.41, 5.74) is 1.69. The highest BCUT2D eigenvalue weighted by Gasteiger charge is 2.26. The maximum absolute atomic E-state index is 13.7. The molecule has 0 N–H and O–H groups in total. The van der Waals surface area contributed by atoms with Crippen LogP contribution in [0.15, 0.2) is 40.4 Å². The number of carbonyl (C=O) groups is 1. The lowest BCUT2D eigenvalue weighted by atomic mass is 10.0. The molecule has 1 aromatic carbocycles. The van der Waals surface area contributed by atoms with E-state index >= 15 is 0 Å². The molecule has 1 saturated heterocycles. The first-order valence-corrected chi connectivity index (χ1v) is 11.6. The third-order valence-corrected chi connectivity index (χ3v) is 6.38. The molecular formula is C23H26N4O4S. The van der Waals surface area contributed by atoms with Crippen LogP contribution >= 0.6 is 11.8 Å². The van der Waals surface area contributed by atoms with Crippen LogP contribution in [-0.2, 0) is 11.3 Å². The summed E-state index contributed by atoms with van der Waals surface area (Å²) >= 11 is 1.43. The maximum atomic E-state index is 13.7. The summed E-state index contributed by atoms with van der Waals surface area (Å²) < 4.78 is 12.5. The molecule has 1 fully saturated rings. The minimum Gasteiger partial charge on any atom is -0.497 e. The van der Waals surface area contributed by atoms with Crippen molar-refractivity contribution < 1.29 is 14.3 Å². The molecular weight excluding hydrogens is 428 g/mol. The summed E-state index contributed by atoms with van der Waals surface area (Å²) in [6, 6.07) is 7.23. The fourth-order valence-electron chi connectivity index (χ4n) is 4.11. The van der Waals surface area contributed by atoms with Crippen LogP contribution in [0.3, 0.4) is 0 Å². The lowest BCUT2D eigenvalue weighted by Gasteiger charge is -2.18. The molecule has 9 heteroatoms. The Labute approximate surface area is 190 Å². The van der Waals surface area contributed by atoms with E-state index in [1.165, 1.54) is 11.8 Å². The fraction of sp³-hybridized carbons (Fsp3) is 0.391. The Bertz CT molecular complexity index is 1200. The zero-order valence-corrected chi connectivity index (χ0v) is 19.4. The molecule has 3 aromatic rings. The van der Waals surface area contributed by atoms with Gasteiger partial charge >= 0.3 is 0 Å². The molecule has 0 unspecified atom stereocenters. The summed E-state index contributed by atoms with van der Waals surface area (Å²) in [4.78, 5) is 36.4. The van der Waals surface area contributed by atoms with Crippen LogP contribution in [0.4, 0.5) is 0 Å². The van der Waals surface area contributed by atoms with E-state index in [0.29, 0.717) is 53.1 Å². The summed E-state index contributed by atoms with van der Waals surface area (Å²) in [5.74, 6) is 1.45. The quantitative estimate of drug-likeness (QED) is 0.418. The SMILES string of the molecule is COc1cc(OC)cc(-c2cc3cnc(SC)nc3n(C[C@@H]3CCN(C(C)=O)C3)c2=O)c1. The number of carbonyl (C=O) groups excluding carboxylic acids is 1. The molecule has 1 aliphatic rings. The van der Waals surface area contributed by atoms with Crippen LogP contribution in [-0.4, -0.2) is 58.9 Å². The first-order valence-electron chi connectivity index (χ1n) is 10.4. The average Bonchev–Trinajstić information content (AvgIpc) is 3.29. The lowest BCUT2D eigenvalue weighted by molar-refractivity contribution is -0.127. The Morgan fingerprint density at radius 2 is 1.91 bits per heavy atom. The molecule has 0 radical (unpaired) electrons. The van der Waals surface area contributed by atoms with E-state index in [2.05, 4.69) is 9.97 Å². The van der Waals surface area contributed by atoms with Crippen LogP contribution in [0.2, 0.25) is 0 Å². The molecule has 0 aliphatic carbocycles. The van der Waals surface area contributed by atoms with Gasteiger partial charge in [0.15, 0.2) is 5.16 Å². The Kier molecular flexibility index (Phi) is 6.36. The Morgan fingerprint density at radius 1 is 1.19 bits per heavy atom. The summed E-state index contributed by atoms with van der Waals surface area (Å²) in [7, 11) is 3.16. The lowest BCUT2D eigenvalue weighted by Crippen LogP contribution is -2.29. The van der Waals surface area contributed by atoms with E-state index in [0.717, 1.165) is 11.8 Å². The summed E-state index contributed by atoms with van der Waals surface area (Å²) in [6.07, 6.45) is 4.51. The largest absolute Gasteiger partial charge is 0.497 e. The monoisotopic (exact) mass is 454 g/mol. The maximum Gasteiger partial charge on any atom is 0.260 e. The number of likely N-dealkylation sites (tertiary alicyclic amines) is 1. The van der Waals surface area contributed by atoms with E-state index in [-0.39, 0.29) is 17.4 Å². The van der Waals surface area contributed by atoms with Crippen molar-refractivity contribution in [2.45, 2.75) is 25.0 Å². The molecule has 0 saturated carbocycles. The number of nitrogens with zero attached hydrogens (tertiary/aromatic N) is 4. The van der Waals surface area contributed by atoms with Gasteiger partial charge in [-0.1, -0.05) is 11.8 Å². The van der Waals surface area contributed by atoms with Gasteiger partial charge in [0.05, 0.1) is 14.2 Å². The van der Waals surface area contributed by atoms with Crippen molar-refractivity contribution in [3.05, 3.63) is 40.8 Å². The molecule has 3 heterocycles. The number of benzene rings is 1. The number of aromatic nitrogens is 3. The number of fused-ring (bicyclic) bond motifs is 1. The van der Waals surface area contributed by atoms with Gasteiger partial charge in [0.25, 0.3) is 5.56 Å². The van der Waals surface area contributed by atoms with E-state index in [9.17, 15) is 9.59 Å². The van der Waals surface area contributed by atoms with E-state index in [1.807, 2.05) is 29.4 Å². The van der Waals surface area contributed by atoms with Crippen LogP contribution in [0.1, 0.15) is 13.3 Å². The number of methoxy groups -OCH3 is 2. The molecule has 8 nitrogen and oxygen atoms in total. The average molecular weight is 455 g/mol. The van der Waals surface area contributed by atoms with Gasteiger partial charge in [-0.25, -0.2) is 9.97 Å². The number of ether oxygens (including phenoxy) is 2. The fourth-order valence-corrected chi connectivity index (χ4v) is 4.44. The Hall–Kier alpha value is -3.07. The van der Waals surface area contributed by atoms with Gasteiger partial charge in [0.1, 0.15) is 17.1 Å². The first-order chi connectivity index (χ1) is 15.4. The van der Waals surface area contributed by atoms with Crippen molar-refractivity contribution in [3.8, 4) is 22.6 Å². The predicted octanol–water partition coefficient (Wildman–Crippen LogP) is 3.07. The van der Waals surface area contributed by atoms with Crippen molar-refractivity contribution >= 4 is 28.7 Å². The smallest absolute Gasteiger partial charge is 0.260 e. The molecule has 1 amide bonds. The highest BCUT2D eigenvalue weighted by atomic mass is 32.2. The minimum absolute atomic E-state index is 0.0638. The third-order valence-electron chi connectivity index (χ3n) is 5.82. The van der Waals surface area contributed by atoms with Crippen molar-refractivity contribution in [2.75, 3.05) is 33.6 Å². The van der Waals surface area contributed by atoms with Crippen LogP contribution in [0.5, 0.6) is 11.5 Å². The molecule has 2 aromatic heterocycles. The molecule has 32 heavy (non-hydrogen) atoms. The van der Waals surface area contributed by atoms with Crippen LogP contribution in [0.25, 0.3) is 22.2 Å². The standard InChI is InChI=1S/C23H26N4O4S/c1-14(28)26-6-5-15(12-26)13-27-21-17(11-24-23(25-21)32-4)9-20(22(27)29)16-7-18(30-2)10-19(8-16)31-3/h7-11,15H,5-6,12-13H2,1-4H3/t15-/m1/s1. The summed E-state index contributed by atoms with van der Waals surface area (Å²) in [6.45, 7) is 3.42. The van der Waals surface area contributed by atoms with Gasteiger partial charge in [-0.3, -0.25) is 14.2 Å². The summed E-state index contributed by atoms with van der Waals surface area (Å²) in [5, 5.41) is 1.39. The number of pyridine rings is 1. The second-order valence-electron chi connectivity index (χ2n) is 7.83. The first kappa shape index (κ1) is 22.1. The van der Waals surface area contributed by atoms with Crippen molar-refractivity contribution in [1.82, 2.24) is 19.4 Å². The highest BCUT2D eigenvalue weighted by molar-refractivity contribution is 7.98. The van der Waals surface area contributed by atoms with E-state index < -0.39 is 0 Å². The number of hydrogen-bond acceptors (Lipinski definition) is 7. The zero-order valence-electron chi connectivity index (χ0n) is 18.6. The van der Waals surface area contributed by atoms with Gasteiger partial charge in [-0.05, 0) is 42.4 Å². The van der Waals surface area contributed by atoms with Crippen molar-refractivity contribution in [2.24, 2.45) is 5.92 Å². The Morgan fingerprint density at radius 3 is 2.50 bits per heavy atom. The van der Waals surface area contributed by atoms with E-state index in [4.69, 9.17) is 9.47 Å². The van der Waals surface area contributed by atoms with Gasteiger partial charge in [0, 0.05) is 49.8 Å². The topological polar surface area (TPSA) is 86.6 Å². The van der Waals surface area contributed by atoms with Crippen molar-refractivity contribution in [1.29, 1.82) is 0 Å². The predicted molar refractivity (Wildman–Crippen MR) is 124 cm³/mol.